The normalized spacial score (nSPS) is 12.6. The van der Waals surface area contributed by atoms with Crippen LogP contribution >= 0.6 is 15.9 Å². The van der Waals surface area contributed by atoms with E-state index in [1.807, 2.05) is 0 Å². The summed E-state index contributed by atoms with van der Waals surface area (Å²) in [6.45, 7) is 0. The van der Waals surface area contributed by atoms with Crippen molar-refractivity contribution < 1.29 is 31.1 Å². The van der Waals surface area contributed by atoms with Gasteiger partial charge in [0.25, 0.3) is 0 Å². The zero-order valence-electron chi connectivity index (χ0n) is 8.49. The van der Waals surface area contributed by atoms with Crippen molar-refractivity contribution in [3.63, 3.8) is 0 Å². The number of Topliss-reactive ketones (excluding diaryl/α,β-unsaturated/α-hetero) is 1. The fraction of sp³-hybridized carbons (Fsp3) is 0.300. The molecule has 0 aliphatic rings. The molecule has 0 fully saturated rings. The molecule has 0 saturated heterocycles. The van der Waals surface area contributed by atoms with E-state index in [1.54, 1.807) is 0 Å². The van der Waals surface area contributed by atoms with E-state index in [1.165, 1.54) is 0 Å². The standard InChI is InChI=1S/C10H5BrF6O/c11-4-7(18)8-5(9(12,13)14)2-1-3-6(8)10(15,16)17/h1-3H,4H2. The molecule has 0 aromatic heterocycles. The zero-order chi connectivity index (χ0) is 14.1. The van der Waals surface area contributed by atoms with Crippen LogP contribution in [0.15, 0.2) is 18.2 Å². The first-order valence-electron chi connectivity index (χ1n) is 4.45. The Morgan fingerprint density at radius 3 is 1.67 bits per heavy atom. The van der Waals surface area contributed by atoms with Crippen LogP contribution in [-0.2, 0) is 12.4 Å². The van der Waals surface area contributed by atoms with Crippen molar-refractivity contribution >= 4 is 21.7 Å². The Kier molecular flexibility index (Phi) is 4.09. The molecule has 0 atom stereocenters. The topological polar surface area (TPSA) is 17.1 Å². The Bertz CT molecular complexity index is 430. The lowest BCUT2D eigenvalue weighted by Gasteiger charge is -2.17. The summed E-state index contributed by atoms with van der Waals surface area (Å²) in [6, 6.07) is 1.52. The average Bonchev–Trinajstić information content (AvgIpc) is 2.24. The molecule has 0 bridgehead atoms. The summed E-state index contributed by atoms with van der Waals surface area (Å²) in [5.74, 6) is -1.27. The number of halogens is 7. The molecular formula is C10H5BrF6O. The minimum absolute atomic E-state index is 0.450. The van der Waals surface area contributed by atoms with Gasteiger partial charge in [0.1, 0.15) is 0 Å². The third kappa shape index (κ3) is 3.04. The zero-order valence-corrected chi connectivity index (χ0v) is 10.1. The summed E-state index contributed by atoms with van der Waals surface area (Å²) >= 11 is 2.57. The van der Waals surface area contributed by atoms with Crippen molar-refractivity contribution in [2.75, 3.05) is 5.33 Å². The molecule has 1 aromatic carbocycles. The summed E-state index contributed by atoms with van der Waals surface area (Å²) in [5.41, 5.74) is -4.52. The lowest BCUT2D eigenvalue weighted by Crippen LogP contribution is -2.20. The molecule has 100 valence electrons. The number of alkyl halides is 7. The van der Waals surface area contributed by atoms with Crippen LogP contribution in [0.4, 0.5) is 26.3 Å². The summed E-state index contributed by atoms with van der Waals surface area (Å²) in [6.07, 6.45) is -10.0. The highest BCUT2D eigenvalue weighted by Gasteiger charge is 2.42. The van der Waals surface area contributed by atoms with Gasteiger partial charge in [-0.2, -0.15) is 26.3 Å². The van der Waals surface area contributed by atoms with Crippen molar-refractivity contribution in [2.24, 2.45) is 0 Å². The highest BCUT2D eigenvalue weighted by Crippen LogP contribution is 2.39. The molecule has 0 spiro atoms. The van der Waals surface area contributed by atoms with Gasteiger partial charge in [0.05, 0.1) is 16.5 Å². The van der Waals surface area contributed by atoms with Crippen molar-refractivity contribution in [1.82, 2.24) is 0 Å². The molecule has 18 heavy (non-hydrogen) atoms. The second-order valence-electron chi connectivity index (χ2n) is 3.28. The fourth-order valence-electron chi connectivity index (χ4n) is 1.39. The number of carbonyl (C=O) groups is 1. The van der Waals surface area contributed by atoms with Gasteiger partial charge in [-0.3, -0.25) is 4.79 Å². The van der Waals surface area contributed by atoms with Gasteiger partial charge in [-0.1, -0.05) is 22.0 Å². The van der Waals surface area contributed by atoms with Gasteiger partial charge in [-0.25, -0.2) is 0 Å². The van der Waals surface area contributed by atoms with Gasteiger partial charge in [-0.15, -0.1) is 0 Å². The third-order valence-corrected chi connectivity index (χ3v) is 2.58. The molecule has 0 unspecified atom stereocenters. The molecule has 0 saturated carbocycles. The van der Waals surface area contributed by atoms with Crippen LogP contribution in [-0.4, -0.2) is 11.1 Å². The number of hydrogen-bond acceptors (Lipinski definition) is 1. The maximum atomic E-state index is 12.6. The quantitative estimate of drug-likeness (QED) is 0.447. The van der Waals surface area contributed by atoms with Crippen molar-refractivity contribution in [2.45, 2.75) is 12.4 Å². The van der Waals surface area contributed by atoms with Crippen molar-refractivity contribution in [3.05, 3.63) is 34.9 Å². The van der Waals surface area contributed by atoms with E-state index in [0.29, 0.717) is 18.2 Å². The van der Waals surface area contributed by atoms with Gasteiger partial charge in [-0.05, 0) is 12.1 Å². The minimum atomic E-state index is -5.02. The van der Waals surface area contributed by atoms with E-state index in [-0.39, 0.29) is 0 Å². The predicted octanol–water partition coefficient (Wildman–Crippen LogP) is 4.30. The van der Waals surface area contributed by atoms with Gasteiger partial charge in [0, 0.05) is 5.56 Å². The first kappa shape index (κ1) is 15.0. The van der Waals surface area contributed by atoms with E-state index in [4.69, 9.17) is 0 Å². The van der Waals surface area contributed by atoms with Gasteiger partial charge < -0.3 is 0 Å². The second-order valence-corrected chi connectivity index (χ2v) is 3.84. The smallest absolute Gasteiger partial charge is 0.293 e. The Labute approximate surface area is 106 Å². The number of benzene rings is 1. The molecule has 0 amide bonds. The highest BCUT2D eigenvalue weighted by atomic mass is 79.9. The molecule has 1 nitrogen and oxygen atoms in total. The largest absolute Gasteiger partial charge is 0.417 e. The minimum Gasteiger partial charge on any atom is -0.293 e. The number of hydrogen-bond donors (Lipinski definition) is 0. The molecule has 8 heteroatoms. The van der Waals surface area contributed by atoms with Gasteiger partial charge >= 0.3 is 12.4 Å². The molecule has 0 aliphatic heterocycles. The van der Waals surface area contributed by atoms with Crippen LogP contribution in [0, 0.1) is 0 Å². The molecule has 0 heterocycles. The summed E-state index contributed by atoms with van der Waals surface area (Å²) in [7, 11) is 0. The van der Waals surface area contributed by atoms with Crippen LogP contribution in [0.25, 0.3) is 0 Å². The molecule has 1 aromatic rings. The lowest BCUT2D eigenvalue weighted by molar-refractivity contribution is -0.143. The van der Waals surface area contributed by atoms with Crippen molar-refractivity contribution in [3.8, 4) is 0 Å². The van der Waals surface area contributed by atoms with Crippen LogP contribution in [0.3, 0.4) is 0 Å². The maximum absolute atomic E-state index is 12.6. The maximum Gasteiger partial charge on any atom is 0.417 e. The Hall–Kier alpha value is -1.05. The van der Waals surface area contributed by atoms with Gasteiger partial charge in [0.2, 0.25) is 0 Å². The number of carbonyl (C=O) groups excluding carboxylic acids is 1. The molecule has 0 radical (unpaired) electrons. The second kappa shape index (κ2) is 4.91. The number of ketones is 1. The first-order chi connectivity index (χ1) is 8.09. The van der Waals surface area contributed by atoms with Crippen LogP contribution in [0.5, 0.6) is 0 Å². The fourth-order valence-corrected chi connectivity index (χ4v) is 1.67. The summed E-state index contributed by atoms with van der Waals surface area (Å²) in [5, 5.41) is -0.622. The van der Waals surface area contributed by atoms with Crippen LogP contribution < -0.4 is 0 Å². The van der Waals surface area contributed by atoms with E-state index in [0.717, 1.165) is 0 Å². The highest BCUT2D eigenvalue weighted by molar-refractivity contribution is 9.09. The van der Waals surface area contributed by atoms with E-state index >= 15 is 0 Å². The molecular weight excluding hydrogens is 330 g/mol. The monoisotopic (exact) mass is 334 g/mol. The van der Waals surface area contributed by atoms with E-state index in [9.17, 15) is 31.1 Å². The molecule has 1 rings (SSSR count). The number of rotatable bonds is 2. The van der Waals surface area contributed by atoms with Crippen molar-refractivity contribution in [1.29, 1.82) is 0 Å². The van der Waals surface area contributed by atoms with E-state index < -0.39 is 40.2 Å². The average molecular weight is 335 g/mol. The summed E-state index contributed by atoms with van der Waals surface area (Å²) < 4.78 is 75.5. The van der Waals surface area contributed by atoms with Crippen LogP contribution in [0.1, 0.15) is 21.5 Å². The molecule has 0 N–H and O–H groups in total. The van der Waals surface area contributed by atoms with E-state index in [2.05, 4.69) is 15.9 Å². The lowest BCUT2D eigenvalue weighted by atomic mass is 9.97. The van der Waals surface area contributed by atoms with Gasteiger partial charge in [0.15, 0.2) is 5.78 Å². The Morgan fingerprint density at radius 2 is 1.39 bits per heavy atom. The Morgan fingerprint density at radius 1 is 1.00 bits per heavy atom. The first-order valence-corrected chi connectivity index (χ1v) is 5.57. The summed E-state index contributed by atoms with van der Waals surface area (Å²) in [4.78, 5) is 11.3. The third-order valence-electron chi connectivity index (χ3n) is 2.08. The SMILES string of the molecule is O=C(CBr)c1c(C(F)(F)F)cccc1C(F)(F)F. The molecule has 0 aliphatic carbocycles. The van der Waals surface area contributed by atoms with Crippen LogP contribution in [0.2, 0.25) is 0 Å². The predicted molar refractivity (Wildman–Crippen MR) is 54.6 cm³/mol. The Balaban J connectivity index is 3.61.